The van der Waals surface area contributed by atoms with Crippen LogP contribution in [0, 0.1) is 0 Å². The van der Waals surface area contributed by atoms with E-state index < -0.39 is 21.8 Å². The van der Waals surface area contributed by atoms with E-state index in [1.54, 1.807) is 0 Å². The second-order valence-corrected chi connectivity index (χ2v) is 5.26. The molecule has 0 aliphatic heterocycles. The molecular formula is C11H13N3O4S. The van der Waals surface area contributed by atoms with Gasteiger partial charge in [0.25, 0.3) is 0 Å². The molecule has 0 radical (unpaired) electrons. The first-order valence-electron chi connectivity index (χ1n) is 5.11. The number of para-hydroxylation sites is 1. The molecule has 0 bridgehead atoms. The molecule has 0 aliphatic carbocycles. The highest BCUT2D eigenvalue weighted by Gasteiger charge is 2.16. The van der Waals surface area contributed by atoms with Crippen molar-refractivity contribution in [3.8, 4) is 0 Å². The van der Waals surface area contributed by atoms with E-state index in [0.717, 1.165) is 0 Å². The van der Waals surface area contributed by atoms with Crippen molar-refractivity contribution in [2.45, 2.75) is 11.3 Å². The van der Waals surface area contributed by atoms with E-state index in [4.69, 9.17) is 10.9 Å². The van der Waals surface area contributed by atoms with E-state index in [9.17, 15) is 18.0 Å². The predicted octanol–water partition coefficient (Wildman–Crippen LogP) is -0.296. The number of carbonyl (C=O) groups excluding carboxylic acids is 2. The molecule has 1 aromatic rings. The normalized spacial score (nSPS) is 10.8. The lowest BCUT2D eigenvalue weighted by Gasteiger charge is -2.09. The SMILES string of the molecule is C=C(CC(=O)Nc1ccccc1S(N)(=O)=O)C(N)=O. The Morgan fingerprint density at radius 1 is 1.26 bits per heavy atom. The summed E-state index contributed by atoms with van der Waals surface area (Å²) < 4.78 is 22.6. The van der Waals surface area contributed by atoms with Crippen LogP contribution in [0.5, 0.6) is 0 Å². The maximum absolute atomic E-state index is 11.6. The van der Waals surface area contributed by atoms with Gasteiger partial charge < -0.3 is 11.1 Å². The zero-order valence-electron chi connectivity index (χ0n) is 9.92. The Bertz CT molecular complexity index is 637. The van der Waals surface area contributed by atoms with Crippen LogP contribution in [0.1, 0.15) is 6.42 Å². The maximum atomic E-state index is 11.6. The molecule has 5 N–H and O–H groups in total. The summed E-state index contributed by atoms with van der Waals surface area (Å²) in [5.41, 5.74) is 4.90. The quantitative estimate of drug-likeness (QED) is 0.640. The third-order valence-corrected chi connectivity index (χ3v) is 3.16. The Morgan fingerprint density at radius 3 is 2.37 bits per heavy atom. The number of primary sulfonamides is 1. The molecule has 0 spiro atoms. The largest absolute Gasteiger partial charge is 0.366 e. The van der Waals surface area contributed by atoms with Gasteiger partial charge in [0.05, 0.1) is 12.1 Å². The van der Waals surface area contributed by atoms with Crippen LogP contribution in [0.15, 0.2) is 41.3 Å². The van der Waals surface area contributed by atoms with Gasteiger partial charge in [0, 0.05) is 5.57 Å². The zero-order chi connectivity index (χ0) is 14.6. The molecule has 102 valence electrons. The van der Waals surface area contributed by atoms with Gasteiger partial charge in [0.2, 0.25) is 21.8 Å². The number of amides is 2. The molecule has 7 nitrogen and oxygen atoms in total. The van der Waals surface area contributed by atoms with E-state index in [0.29, 0.717) is 0 Å². The summed E-state index contributed by atoms with van der Waals surface area (Å²) in [7, 11) is -3.95. The minimum absolute atomic E-state index is 0.0345. The highest BCUT2D eigenvalue weighted by Crippen LogP contribution is 2.19. The Labute approximate surface area is 110 Å². The standard InChI is InChI=1S/C11H13N3O4S/c1-7(11(12)16)6-10(15)14-8-4-2-3-5-9(8)19(13,17)18/h2-5H,1,6H2,(H2,12,16)(H,14,15)(H2,13,17,18). The lowest BCUT2D eigenvalue weighted by atomic mass is 10.2. The molecular weight excluding hydrogens is 270 g/mol. The summed E-state index contributed by atoms with van der Waals surface area (Å²) in [6, 6.07) is 5.64. The zero-order valence-corrected chi connectivity index (χ0v) is 10.7. The van der Waals surface area contributed by atoms with Crippen molar-refractivity contribution in [2.24, 2.45) is 10.9 Å². The summed E-state index contributed by atoms with van der Waals surface area (Å²) in [4.78, 5) is 22.1. The van der Waals surface area contributed by atoms with Crippen molar-refractivity contribution in [2.75, 3.05) is 5.32 Å². The van der Waals surface area contributed by atoms with Crippen LogP contribution in [0.2, 0.25) is 0 Å². The van der Waals surface area contributed by atoms with Crippen molar-refractivity contribution in [3.05, 3.63) is 36.4 Å². The molecule has 19 heavy (non-hydrogen) atoms. The highest BCUT2D eigenvalue weighted by atomic mass is 32.2. The average molecular weight is 283 g/mol. The van der Waals surface area contributed by atoms with Gasteiger partial charge in [0.15, 0.2) is 0 Å². The number of sulfonamides is 1. The fourth-order valence-corrected chi connectivity index (χ4v) is 1.99. The number of nitrogens with one attached hydrogen (secondary N) is 1. The third-order valence-electron chi connectivity index (χ3n) is 2.19. The molecule has 0 aromatic heterocycles. The molecule has 2 amide bonds. The molecule has 1 aromatic carbocycles. The first-order chi connectivity index (χ1) is 8.71. The Morgan fingerprint density at radius 2 is 1.84 bits per heavy atom. The van der Waals surface area contributed by atoms with Gasteiger partial charge in [-0.2, -0.15) is 0 Å². The molecule has 0 unspecified atom stereocenters. The smallest absolute Gasteiger partial charge is 0.244 e. The molecule has 0 saturated carbocycles. The molecule has 1 rings (SSSR count). The van der Waals surface area contributed by atoms with Crippen LogP contribution in [0.25, 0.3) is 0 Å². The summed E-state index contributed by atoms with van der Waals surface area (Å²) in [6.07, 6.45) is -0.325. The van der Waals surface area contributed by atoms with Gasteiger partial charge in [-0.05, 0) is 12.1 Å². The number of hydrogen-bond donors (Lipinski definition) is 3. The molecule has 0 aliphatic rings. The summed E-state index contributed by atoms with van der Waals surface area (Å²) in [5.74, 6) is -1.41. The summed E-state index contributed by atoms with van der Waals surface area (Å²) >= 11 is 0. The second-order valence-electron chi connectivity index (χ2n) is 3.73. The fourth-order valence-electron chi connectivity index (χ4n) is 1.29. The third kappa shape index (κ3) is 4.19. The highest BCUT2D eigenvalue weighted by molar-refractivity contribution is 7.89. The first-order valence-corrected chi connectivity index (χ1v) is 6.65. The monoisotopic (exact) mass is 283 g/mol. The van der Waals surface area contributed by atoms with Crippen LogP contribution in [-0.4, -0.2) is 20.2 Å². The Kier molecular flexibility index (Phi) is 4.41. The lowest BCUT2D eigenvalue weighted by molar-refractivity contribution is -0.119. The van der Waals surface area contributed by atoms with Crippen LogP contribution < -0.4 is 16.2 Å². The van der Waals surface area contributed by atoms with Gasteiger partial charge in [-0.15, -0.1) is 0 Å². The number of hydrogen-bond acceptors (Lipinski definition) is 4. The van der Waals surface area contributed by atoms with Crippen molar-refractivity contribution in [3.63, 3.8) is 0 Å². The second kappa shape index (κ2) is 5.63. The summed E-state index contributed by atoms with van der Waals surface area (Å²) in [6.45, 7) is 3.33. The number of anilines is 1. The van der Waals surface area contributed by atoms with Crippen molar-refractivity contribution >= 4 is 27.5 Å². The molecule has 0 atom stereocenters. The van der Waals surface area contributed by atoms with Gasteiger partial charge in [-0.3, -0.25) is 9.59 Å². The van der Waals surface area contributed by atoms with Crippen LogP contribution in [0.4, 0.5) is 5.69 Å². The van der Waals surface area contributed by atoms with Crippen LogP contribution in [0.3, 0.4) is 0 Å². The maximum Gasteiger partial charge on any atom is 0.244 e. The van der Waals surface area contributed by atoms with Crippen molar-refractivity contribution in [1.82, 2.24) is 0 Å². The Balaban J connectivity index is 2.92. The van der Waals surface area contributed by atoms with E-state index in [-0.39, 0.29) is 22.6 Å². The minimum Gasteiger partial charge on any atom is -0.366 e. The van der Waals surface area contributed by atoms with Gasteiger partial charge in [0.1, 0.15) is 4.90 Å². The summed E-state index contributed by atoms with van der Waals surface area (Å²) in [5, 5.41) is 7.35. The Hall–Kier alpha value is -2.19. The van der Waals surface area contributed by atoms with Gasteiger partial charge in [-0.1, -0.05) is 18.7 Å². The van der Waals surface area contributed by atoms with Gasteiger partial charge in [-0.25, -0.2) is 13.6 Å². The van der Waals surface area contributed by atoms with E-state index in [1.807, 2.05) is 0 Å². The van der Waals surface area contributed by atoms with E-state index in [2.05, 4.69) is 11.9 Å². The molecule has 0 fully saturated rings. The first kappa shape index (κ1) is 14.9. The van der Waals surface area contributed by atoms with E-state index in [1.165, 1.54) is 24.3 Å². The van der Waals surface area contributed by atoms with Crippen LogP contribution in [-0.2, 0) is 19.6 Å². The number of rotatable bonds is 5. The molecule has 0 heterocycles. The van der Waals surface area contributed by atoms with E-state index >= 15 is 0 Å². The van der Waals surface area contributed by atoms with Crippen LogP contribution >= 0.6 is 0 Å². The lowest BCUT2D eigenvalue weighted by Crippen LogP contribution is -2.21. The number of primary amides is 1. The topological polar surface area (TPSA) is 132 Å². The minimum atomic E-state index is -3.95. The van der Waals surface area contributed by atoms with Gasteiger partial charge >= 0.3 is 0 Å². The van der Waals surface area contributed by atoms with Crippen molar-refractivity contribution in [1.29, 1.82) is 0 Å². The predicted molar refractivity (Wildman–Crippen MR) is 69.4 cm³/mol. The molecule has 0 saturated heterocycles. The molecule has 8 heteroatoms. The number of carbonyl (C=O) groups is 2. The number of nitrogens with two attached hydrogens (primary N) is 2. The number of benzene rings is 1. The fraction of sp³-hybridized carbons (Fsp3) is 0.0909. The average Bonchev–Trinajstić information content (AvgIpc) is 2.27. The van der Waals surface area contributed by atoms with Crippen molar-refractivity contribution < 1.29 is 18.0 Å².